The molecule has 3 heterocycles. The van der Waals surface area contributed by atoms with Crippen molar-refractivity contribution >= 4 is 5.91 Å². The Kier molecular flexibility index (Phi) is 5.08. The highest BCUT2D eigenvalue weighted by molar-refractivity contribution is 5.83. The van der Waals surface area contributed by atoms with Gasteiger partial charge in [-0.1, -0.05) is 6.42 Å². The molecule has 1 N–H and O–H groups in total. The summed E-state index contributed by atoms with van der Waals surface area (Å²) in [4.78, 5) is 17.7. The maximum absolute atomic E-state index is 12.9. The summed E-state index contributed by atoms with van der Waals surface area (Å²) in [5, 5.41) is 3.36. The first-order valence-corrected chi connectivity index (χ1v) is 9.33. The Morgan fingerprint density at radius 2 is 2.09 bits per heavy atom. The van der Waals surface area contributed by atoms with E-state index < -0.39 is 0 Å². The van der Waals surface area contributed by atoms with Gasteiger partial charge in [0.25, 0.3) is 0 Å². The maximum atomic E-state index is 12.9. The van der Waals surface area contributed by atoms with Gasteiger partial charge in [-0.3, -0.25) is 4.79 Å². The number of rotatable bonds is 3. The van der Waals surface area contributed by atoms with E-state index in [4.69, 9.17) is 0 Å². The minimum Gasteiger partial charge on any atom is -0.342 e. The van der Waals surface area contributed by atoms with E-state index in [0.29, 0.717) is 11.8 Å². The number of hydrogen-bond donors (Lipinski definition) is 1. The summed E-state index contributed by atoms with van der Waals surface area (Å²) >= 11 is 0. The topological polar surface area (TPSA) is 35.6 Å². The Labute approximate surface area is 135 Å². The summed E-state index contributed by atoms with van der Waals surface area (Å²) in [6.45, 7) is 10.8. The molecule has 0 radical (unpaired) electrons. The third-order valence-corrected chi connectivity index (χ3v) is 6.12. The van der Waals surface area contributed by atoms with E-state index in [2.05, 4.69) is 29.0 Å². The molecule has 4 heteroatoms. The molecule has 1 amide bonds. The lowest BCUT2D eigenvalue weighted by molar-refractivity contribution is -0.142. The van der Waals surface area contributed by atoms with Crippen molar-refractivity contribution in [3.05, 3.63) is 0 Å². The number of piperidine rings is 2. The summed E-state index contributed by atoms with van der Waals surface area (Å²) < 4.78 is 0. The monoisotopic (exact) mass is 307 g/mol. The Hall–Kier alpha value is -0.610. The van der Waals surface area contributed by atoms with Gasteiger partial charge in [0, 0.05) is 32.2 Å². The van der Waals surface area contributed by atoms with Crippen molar-refractivity contribution in [2.24, 2.45) is 11.3 Å². The number of nitrogens with zero attached hydrogens (tertiary/aromatic N) is 2. The summed E-state index contributed by atoms with van der Waals surface area (Å²) in [6.07, 6.45) is 7.56. The maximum Gasteiger partial charge on any atom is 0.229 e. The fourth-order valence-corrected chi connectivity index (χ4v) is 4.54. The van der Waals surface area contributed by atoms with Crippen molar-refractivity contribution in [2.45, 2.75) is 58.4 Å². The zero-order valence-electron chi connectivity index (χ0n) is 14.4. The Morgan fingerprint density at radius 3 is 2.82 bits per heavy atom. The molecule has 0 aliphatic carbocycles. The van der Waals surface area contributed by atoms with Gasteiger partial charge in [-0.15, -0.1) is 0 Å². The molecule has 0 unspecified atom stereocenters. The van der Waals surface area contributed by atoms with E-state index in [0.717, 1.165) is 38.6 Å². The molecule has 126 valence electrons. The quantitative estimate of drug-likeness (QED) is 0.867. The van der Waals surface area contributed by atoms with Crippen molar-refractivity contribution < 1.29 is 4.79 Å². The second kappa shape index (κ2) is 6.88. The summed E-state index contributed by atoms with van der Waals surface area (Å²) in [7, 11) is 0. The average molecular weight is 307 g/mol. The summed E-state index contributed by atoms with van der Waals surface area (Å²) in [5.74, 6) is 1.07. The van der Waals surface area contributed by atoms with Gasteiger partial charge in [0.05, 0.1) is 5.41 Å². The molecule has 0 saturated carbocycles. The van der Waals surface area contributed by atoms with Crippen molar-refractivity contribution in [1.29, 1.82) is 0 Å². The first-order chi connectivity index (χ1) is 10.6. The number of carbonyl (C=O) groups is 1. The van der Waals surface area contributed by atoms with Crippen molar-refractivity contribution in [3.63, 3.8) is 0 Å². The standard InChI is InChI=1S/C18H33N3O/c1-15-6-3-4-10-20(15)12-16-7-5-11-21(13-16)17(22)18(2)8-9-19-14-18/h15-16,19H,3-14H2,1-2H3/t15-,16+,18-/m1/s1. The van der Waals surface area contributed by atoms with Crippen molar-refractivity contribution in [3.8, 4) is 0 Å². The fourth-order valence-electron chi connectivity index (χ4n) is 4.54. The molecule has 3 aliphatic rings. The predicted octanol–water partition coefficient (Wildman–Crippen LogP) is 2.10. The van der Waals surface area contributed by atoms with Crippen LogP contribution in [0.3, 0.4) is 0 Å². The van der Waals surface area contributed by atoms with Crippen LogP contribution in [0, 0.1) is 11.3 Å². The smallest absolute Gasteiger partial charge is 0.229 e. The molecule has 0 aromatic rings. The number of carbonyl (C=O) groups excluding carboxylic acids is 1. The van der Waals surface area contributed by atoms with E-state index in [1.807, 2.05) is 0 Å². The molecule has 22 heavy (non-hydrogen) atoms. The van der Waals surface area contributed by atoms with Crippen molar-refractivity contribution in [1.82, 2.24) is 15.1 Å². The molecule has 4 nitrogen and oxygen atoms in total. The Morgan fingerprint density at radius 1 is 1.23 bits per heavy atom. The van der Waals surface area contributed by atoms with E-state index >= 15 is 0 Å². The molecule has 3 saturated heterocycles. The van der Waals surface area contributed by atoms with E-state index in [1.165, 1.54) is 45.2 Å². The lowest BCUT2D eigenvalue weighted by Crippen LogP contribution is -2.50. The first-order valence-electron chi connectivity index (χ1n) is 9.33. The van der Waals surface area contributed by atoms with Crippen LogP contribution in [0.15, 0.2) is 0 Å². The van der Waals surface area contributed by atoms with Gasteiger partial charge in [-0.25, -0.2) is 0 Å². The van der Waals surface area contributed by atoms with Crippen LogP contribution in [0.5, 0.6) is 0 Å². The Bertz CT molecular complexity index is 392. The molecule has 3 fully saturated rings. The van der Waals surface area contributed by atoms with Crippen molar-refractivity contribution in [2.75, 3.05) is 39.3 Å². The van der Waals surface area contributed by atoms with Crippen LogP contribution < -0.4 is 5.32 Å². The van der Waals surface area contributed by atoms with Gasteiger partial charge in [0.15, 0.2) is 0 Å². The second-order valence-electron chi connectivity index (χ2n) is 8.09. The van der Waals surface area contributed by atoms with Crippen LogP contribution in [0.2, 0.25) is 0 Å². The molecule has 0 aromatic heterocycles. The van der Waals surface area contributed by atoms with Crippen LogP contribution >= 0.6 is 0 Å². The number of nitrogens with one attached hydrogen (secondary N) is 1. The van der Waals surface area contributed by atoms with Crippen LogP contribution in [0.4, 0.5) is 0 Å². The zero-order valence-corrected chi connectivity index (χ0v) is 14.4. The molecule has 3 rings (SSSR count). The van der Waals surface area contributed by atoms with Crippen LogP contribution in [-0.4, -0.2) is 61.0 Å². The van der Waals surface area contributed by atoms with Crippen LogP contribution in [0.1, 0.15) is 52.4 Å². The summed E-state index contributed by atoms with van der Waals surface area (Å²) in [5.41, 5.74) is -0.152. The van der Waals surface area contributed by atoms with E-state index in [9.17, 15) is 4.79 Å². The Balaban J connectivity index is 1.56. The minimum atomic E-state index is -0.152. The predicted molar refractivity (Wildman–Crippen MR) is 89.8 cm³/mol. The van der Waals surface area contributed by atoms with Crippen LogP contribution in [0.25, 0.3) is 0 Å². The molecule has 0 spiro atoms. The lowest BCUT2D eigenvalue weighted by Gasteiger charge is -2.41. The molecule has 3 atom stereocenters. The highest BCUT2D eigenvalue weighted by Gasteiger charge is 2.40. The molecular formula is C18H33N3O. The normalized spacial score (nSPS) is 37.5. The van der Waals surface area contributed by atoms with Gasteiger partial charge in [0.1, 0.15) is 0 Å². The first kappa shape index (κ1) is 16.3. The van der Waals surface area contributed by atoms with E-state index in [-0.39, 0.29) is 5.41 Å². The minimum absolute atomic E-state index is 0.152. The summed E-state index contributed by atoms with van der Waals surface area (Å²) in [6, 6.07) is 0.733. The zero-order chi connectivity index (χ0) is 15.6. The molecule has 3 aliphatic heterocycles. The van der Waals surface area contributed by atoms with Gasteiger partial charge in [-0.05, 0) is 65.0 Å². The SMILES string of the molecule is C[C@@H]1CCCCN1C[C@@H]1CCCN(C(=O)[C@]2(C)CCNC2)C1. The molecular weight excluding hydrogens is 274 g/mol. The molecule has 0 bridgehead atoms. The number of amides is 1. The average Bonchev–Trinajstić information content (AvgIpc) is 2.97. The fraction of sp³-hybridized carbons (Fsp3) is 0.944. The van der Waals surface area contributed by atoms with Gasteiger partial charge in [-0.2, -0.15) is 0 Å². The highest BCUT2D eigenvalue weighted by Crippen LogP contribution is 2.30. The largest absolute Gasteiger partial charge is 0.342 e. The third kappa shape index (κ3) is 3.48. The number of likely N-dealkylation sites (tertiary alicyclic amines) is 2. The number of hydrogen-bond acceptors (Lipinski definition) is 3. The van der Waals surface area contributed by atoms with Crippen LogP contribution in [-0.2, 0) is 4.79 Å². The second-order valence-corrected chi connectivity index (χ2v) is 8.09. The third-order valence-electron chi connectivity index (χ3n) is 6.12. The van der Waals surface area contributed by atoms with E-state index in [1.54, 1.807) is 0 Å². The lowest BCUT2D eigenvalue weighted by atomic mass is 9.86. The van der Waals surface area contributed by atoms with Gasteiger partial charge < -0.3 is 15.1 Å². The van der Waals surface area contributed by atoms with Gasteiger partial charge >= 0.3 is 0 Å². The molecule has 0 aromatic carbocycles. The highest BCUT2D eigenvalue weighted by atomic mass is 16.2. The van der Waals surface area contributed by atoms with Gasteiger partial charge in [0.2, 0.25) is 5.91 Å².